The molecule has 0 fully saturated rings. The van der Waals surface area contributed by atoms with E-state index in [-0.39, 0.29) is 11.7 Å². The highest BCUT2D eigenvalue weighted by atomic mass is 32.1. The number of hydrogen-bond acceptors (Lipinski definition) is 3. The summed E-state index contributed by atoms with van der Waals surface area (Å²) in [6.45, 7) is 3.80. The first-order valence-electron chi connectivity index (χ1n) is 5.56. The van der Waals surface area contributed by atoms with Gasteiger partial charge >= 0.3 is 0 Å². The lowest BCUT2D eigenvalue weighted by atomic mass is 9.92. The monoisotopic (exact) mass is 243 g/mol. The van der Waals surface area contributed by atoms with E-state index in [0.717, 1.165) is 10.1 Å². The highest BCUT2D eigenvalue weighted by Crippen LogP contribution is 2.28. The van der Waals surface area contributed by atoms with Gasteiger partial charge in [0.15, 0.2) is 5.78 Å². The Kier molecular flexibility index (Phi) is 3.26. The summed E-state index contributed by atoms with van der Waals surface area (Å²) in [5.41, 5.74) is 0. The van der Waals surface area contributed by atoms with E-state index in [9.17, 15) is 4.79 Å². The van der Waals surface area contributed by atoms with E-state index < -0.39 is 5.92 Å². The molecule has 0 radical (unpaired) electrons. The molecule has 0 spiro atoms. The number of fused-ring (bicyclic) bond motifs is 1. The first kappa shape index (κ1) is 11.8. The van der Waals surface area contributed by atoms with Gasteiger partial charge in [0, 0.05) is 4.70 Å². The number of carbonyl (C=O) groups excluding carboxylic acids is 1. The molecule has 1 aromatic heterocycles. The van der Waals surface area contributed by atoms with Gasteiger partial charge in [0.2, 0.25) is 0 Å². The zero-order chi connectivity index (χ0) is 12.4. The minimum absolute atomic E-state index is 0.0521. The van der Waals surface area contributed by atoms with Gasteiger partial charge in [-0.05, 0) is 23.4 Å². The van der Waals surface area contributed by atoms with Crippen molar-refractivity contribution in [2.24, 2.45) is 11.8 Å². The van der Waals surface area contributed by atoms with Crippen LogP contribution in [0.25, 0.3) is 10.1 Å². The van der Waals surface area contributed by atoms with Crippen molar-refractivity contribution >= 4 is 27.2 Å². The summed E-state index contributed by atoms with van der Waals surface area (Å²) in [7, 11) is 0. The van der Waals surface area contributed by atoms with Crippen molar-refractivity contribution in [1.29, 1.82) is 5.26 Å². The second-order valence-electron chi connectivity index (χ2n) is 4.36. The van der Waals surface area contributed by atoms with E-state index in [1.807, 2.05) is 44.2 Å². The number of thiophene rings is 1. The third-order valence-electron chi connectivity index (χ3n) is 2.76. The van der Waals surface area contributed by atoms with Gasteiger partial charge in [-0.3, -0.25) is 4.79 Å². The first-order chi connectivity index (χ1) is 8.13. The fourth-order valence-electron chi connectivity index (χ4n) is 1.77. The van der Waals surface area contributed by atoms with Gasteiger partial charge in [-0.25, -0.2) is 0 Å². The zero-order valence-corrected chi connectivity index (χ0v) is 10.6. The van der Waals surface area contributed by atoms with Crippen molar-refractivity contribution in [1.82, 2.24) is 0 Å². The minimum Gasteiger partial charge on any atom is -0.292 e. The Labute approximate surface area is 104 Å². The van der Waals surface area contributed by atoms with Gasteiger partial charge in [-0.1, -0.05) is 32.0 Å². The normalized spacial score (nSPS) is 12.6. The molecule has 0 amide bonds. The Bertz CT molecular complexity index is 559. The van der Waals surface area contributed by atoms with E-state index in [1.54, 1.807) is 0 Å². The molecule has 3 heteroatoms. The van der Waals surface area contributed by atoms with Crippen LogP contribution in [-0.4, -0.2) is 5.78 Å². The summed E-state index contributed by atoms with van der Waals surface area (Å²) in [4.78, 5) is 12.9. The van der Waals surface area contributed by atoms with Gasteiger partial charge in [0.05, 0.1) is 10.9 Å². The van der Waals surface area contributed by atoms with E-state index in [1.165, 1.54) is 11.3 Å². The molecule has 0 saturated heterocycles. The van der Waals surface area contributed by atoms with Crippen LogP contribution in [0.15, 0.2) is 30.3 Å². The van der Waals surface area contributed by atoms with Crippen LogP contribution in [-0.2, 0) is 0 Å². The molecular weight excluding hydrogens is 230 g/mol. The maximum absolute atomic E-state index is 12.2. The average Bonchev–Trinajstić information content (AvgIpc) is 2.72. The molecule has 0 aliphatic carbocycles. The number of hydrogen-bond donors (Lipinski definition) is 0. The summed E-state index contributed by atoms with van der Waals surface area (Å²) in [6, 6.07) is 11.9. The Morgan fingerprint density at radius 1 is 1.35 bits per heavy atom. The van der Waals surface area contributed by atoms with Crippen molar-refractivity contribution in [3.8, 4) is 6.07 Å². The lowest BCUT2D eigenvalue weighted by Crippen LogP contribution is -2.17. The van der Waals surface area contributed by atoms with Crippen LogP contribution in [0.4, 0.5) is 0 Å². The van der Waals surface area contributed by atoms with Gasteiger partial charge in [-0.2, -0.15) is 5.26 Å². The van der Waals surface area contributed by atoms with Crippen molar-refractivity contribution in [3.63, 3.8) is 0 Å². The van der Waals surface area contributed by atoms with Crippen LogP contribution in [0.2, 0.25) is 0 Å². The molecule has 17 heavy (non-hydrogen) atoms. The fourth-order valence-corrected chi connectivity index (χ4v) is 2.81. The number of carbonyl (C=O) groups is 1. The summed E-state index contributed by atoms with van der Waals surface area (Å²) < 4.78 is 1.09. The predicted molar refractivity (Wildman–Crippen MR) is 70.1 cm³/mol. The summed E-state index contributed by atoms with van der Waals surface area (Å²) in [5.74, 6) is -0.538. The Morgan fingerprint density at radius 3 is 2.65 bits per heavy atom. The van der Waals surface area contributed by atoms with E-state index in [0.29, 0.717) is 4.88 Å². The maximum Gasteiger partial charge on any atom is 0.190 e. The van der Waals surface area contributed by atoms with Crippen LogP contribution in [0.3, 0.4) is 0 Å². The lowest BCUT2D eigenvalue weighted by Gasteiger charge is -2.09. The molecule has 2 rings (SSSR count). The molecule has 0 N–H and O–H groups in total. The van der Waals surface area contributed by atoms with Crippen LogP contribution in [0.1, 0.15) is 23.5 Å². The number of nitriles is 1. The second-order valence-corrected chi connectivity index (χ2v) is 5.45. The molecule has 2 nitrogen and oxygen atoms in total. The first-order valence-corrected chi connectivity index (χ1v) is 6.37. The Hall–Kier alpha value is -1.66. The molecule has 1 heterocycles. The van der Waals surface area contributed by atoms with Crippen molar-refractivity contribution in [2.75, 3.05) is 0 Å². The quantitative estimate of drug-likeness (QED) is 0.767. The maximum atomic E-state index is 12.2. The topological polar surface area (TPSA) is 40.9 Å². The highest BCUT2D eigenvalue weighted by Gasteiger charge is 2.24. The summed E-state index contributed by atoms with van der Waals surface area (Å²) >= 11 is 1.47. The third-order valence-corrected chi connectivity index (χ3v) is 3.89. The summed E-state index contributed by atoms with van der Waals surface area (Å²) in [5, 5.41) is 10.1. The lowest BCUT2D eigenvalue weighted by molar-refractivity contribution is 0.0928. The van der Waals surface area contributed by atoms with Crippen molar-refractivity contribution in [2.45, 2.75) is 13.8 Å². The molecular formula is C14H13NOS. The van der Waals surface area contributed by atoms with Crippen LogP contribution in [0, 0.1) is 23.2 Å². The van der Waals surface area contributed by atoms with E-state index in [2.05, 4.69) is 6.07 Å². The Balaban J connectivity index is 2.40. The number of rotatable bonds is 3. The SMILES string of the molecule is CC(C)C(C#N)C(=O)c1cc2ccccc2s1. The molecule has 1 aromatic carbocycles. The van der Waals surface area contributed by atoms with Gasteiger partial charge in [-0.15, -0.1) is 11.3 Å². The fraction of sp³-hybridized carbons (Fsp3) is 0.286. The van der Waals surface area contributed by atoms with Crippen LogP contribution < -0.4 is 0 Å². The van der Waals surface area contributed by atoms with Gasteiger partial charge in [0.1, 0.15) is 5.92 Å². The van der Waals surface area contributed by atoms with E-state index in [4.69, 9.17) is 5.26 Å². The molecule has 1 atom stereocenters. The zero-order valence-electron chi connectivity index (χ0n) is 9.81. The molecule has 0 bridgehead atoms. The smallest absolute Gasteiger partial charge is 0.190 e. The summed E-state index contributed by atoms with van der Waals surface area (Å²) in [6.07, 6.45) is 0. The van der Waals surface area contributed by atoms with Gasteiger partial charge in [0.25, 0.3) is 0 Å². The third kappa shape index (κ3) is 2.22. The minimum atomic E-state index is -0.539. The molecule has 86 valence electrons. The number of Topliss-reactive ketones (excluding diaryl/α,β-unsaturated/α-hetero) is 1. The van der Waals surface area contributed by atoms with Crippen molar-refractivity contribution < 1.29 is 4.79 Å². The molecule has 0 aliphatic heterocycles. The molecule has 0 aliphatic rings. The molecule has 1 unspecified atom stereocenters. The van der Waals surface area contributed by atoms with E-state index >= 15 is 0 Å². The number of benzene rings is 1. The van der Waals surface area contributed by atoms with Crippen LogP contribution in [0.5, 0.6) is 0 Å². The standard InChI is InChI=1S/C14H13NOS/c1-9(2)11(8-15)14(16)13-7-10-5-3-4-6-12(10)17-13/h3-7,9,11H,1-2H3. The number of nitrogens with zero attached hydrogens (tertiary/aromatic N) is 1. The predicted octanol–water partition coefficient (Wildman–Crippen LogP) is 3.88. The molecule has 0 saturated carbocycles. The highest BCUT2D eigenvalue weighted by molar-refractivity contribution is 7.20. The largest absolute Gasteiger partial charge is 0.292 e. The van der Waals surface area contributed by atoms with Gasteiger partial charge < -0.3 is 0 Å². The molecule has 2 aromatic rings. The number of ketones is 1. The Morgan fingerprint density at radius 2 is 2.06 bits per heavy atom. The average molecular weight is 243 g/mol. The van der Waals surface area contributed by atoms with Crippen LogP contribution >= 0.6 is 11.3 Å². The second kappa shape index (κ2) is 4.68. The van der Waals surface area contributed by atoms with Crippen molar-refractivity contribution in [3.05, 3.63) is 35.2 Å².